The summed E-state index contributed by atoms with van der Waals surface area (Å²) in [6, 6.07) is 24.3. The molecule has 34 heavy (non-hydrogen) atoms. The maximum Gasteiger partial charge on any atom is 0.303 e. The molecular formula is C28H25N3O3. The average molecular weight is 452 g/mol. The van der Waals surface area contributed by atoms with Crippen LogP contribution in [0.2, 0.25) is 0 Å². The summed E-state index contributed by atoms with van der Waals surface area (Å²) in [4.78, 5) is 30.0. The predicted octanol–water partition coefficient (Wildman–Crippen LogP) is 5.83. The fourth-order valence-corrected chi connectivity index (χ4v) is 4.63. The molecule has 0 atom stereocenters. The zero-order valence-electron chi connectivity index (χ0n) is 18.5. The molecule has 0 aliphatic rings. The Labute approximate surface area is 196 Å². The Hall–Kier alpha value is -4.32. The van der Waals surface area contributed by atoms with Crippen molar-refractivity contribution < 1.29 is 14.7 Å². The first-order valence-electron chi connectivity index (χ1n) is 11.3. The molecule has 6 nitrogen and oxygen atoms in total. The Kier molecular flexibility index (Phi) is 5.87. The van der Waals surface area contributed by atoms with E-state index in [1.165, 1.54) is 21.9 Å². The number of aliphatic carboxylic acids is 1. The molecule has 0 spiro atoms. The lowest BCUT2D eigenvalue weighted by Crippen LogP contribution is -2.15. The minimum Gasteiger partial charge on any atom is -0.481 e. The second-order valence-electron chi connectivity index (χ2n) is 8.43. The van der Waals surface area contributed by atoms with Crippen LogP contribution in [0.5, 0.6) is 0 Å². The molecule has 2 aromatic heterocycles. The summed E-state index contributed by atoms with van der Waals surface area (Å²) in [7, 11) is 0. The van der Waals surface area contributed by atoms with Gasteiger partial charge in [0.15, 0.2) is 0 Å². The number of fused-ring (bicyclic) bond motifs is 2. The minimum atomic E-state index is -0.984. The van der Waals surface area contributed by atoms with Crippen LogP contribution in [-0.4, -0.2) is 27.0 Å². The molecular weight excluding hydrogens is 426 g/mol. The number of aromatic nitrogens is 2. The zero-order chi connectivity index (χ0) is 23.5. The molecule has 3 aromatic carbocycles. The van der Waals surface area contributed by atoms with Crippen molar-refractivity contribution >= 4 is 39.4 Å². The van der Waals surface area contributed by atoms with Gasteiger partial charge in [-0.05, 0) is 41.3 Å². The minimum absolute atomic E-state index is 0.0318. The van der Waals surface area contributed by atoms with Crippen molar-refractivity contribution in [2.45, 2.75) is 25.2 Å². The van der Waals surface area contributed by atoms with Gasteiger partial charge in [-0.1, -0.05) is 54.6 Å². The van der Waals surface area contributed by atoms with Crippen LogP contribution in [0.25, 0.3) is 21.8 Å². The lowest BCUT2D eigenvalue weighted by molar-refractivity contribution is -0.138. The number of anilines is 1. The summed E-state index contributed by atoms with van der Waals surface area (Å²) in [5.41, 5.74) is 6.24. The van der Waals surface area contributed by atoms with E-state index in [1.54, 1.807) is 0 Å². The maximum atomic E-state index is 12.4. The fourth-order valence-electron chi connectivity index (χ4n) is 4.63. The van der Waals surface area contributed by atoms with Crippen molar-refractivity contribution in [2.75, 3.05) is 5.32 Å². The smallest absolute Gasteiger partial charge is 0.303 e. The van der Waals surface area contributed by atoms with Crippen molar-refractivity contribution in [3.63, 3.8) is 0 Å². The fraction of sp³-hybridized carbons (Fsp3) is 0.143. The predicted molar refractivity (Wildman–Crippen MR) is 134 cm³/mol. The van der Waals surface area contributed by atoms with E-state index in [2.05, 4.69) is 51.9 Å². The van der Waals surface area contributed by atoms with Crippen LogP contribution >= 0.6 is 0 Å². The van der Waals surface area contributed by atoms with Crippen molar-refractivity contribution in [1.29, 1.82) is 0 Å². The molecule has 0 fully saturated rings. The van der Waals surface area contributed by atoms with Gasteiger partial charge in [0, 0.05) is 52.2 Å². The lowest BCUT2D eigenvalue weighted by atomic mass is 9.85. The third-order valence-corrected chi connectivity index (χ3v) is 6.27. The summed E-state index contributed by atoms with van der Waals surface area (Å²) in [6.45, 7) is 0. The number of benzene rings is 3. The first-order chi connectivity index (χ1) is 16.6. The van der Waals surface area contributed by atoms with Gasteiger partial charge in [-0.25, -0.2) is 0 Å². The number of para-hydroxylation sites is 3. The first-order valence-corrected chi connectivity index (χ1v) is 11.3. The molecule has 4 N–H and O–H groups in total. The molecule has 0 bridgehead atoms. The van der Waals surface area contributed by atoms with Crippen LogP contribution < -0.4 is 5.32 Å². The third-order valence-electron chi connectivity index (χ3n) is 6.27. The molecule has 0 saturated heterocycles. The Morgan fingerprint density at radius 3 is 1.94 bits per heavy atom. The number of carboxylic acid groups (broad SMARTS) is 1. The number of H-pyrrole nitrogens is 2. The number of amides is 1. The van der Waals surface area contributed by atoms with E-state index in [9.17, 15) is 9.59 Å². The van der Waals surface area contributed by atoms with Crippen molar-refractivity contribution in [2.24, 2.45) is 0 Å². The average Bonchev–Trinajstić information content (AvgIpc) is 3.47. The molecule has 0 aliphatic heterocycles. The molecule has 0 unspecified atom stereocenters. The Morgan fingerprint density at radius 2 is 1.32 bits per heavy atom. The van der Waals surface area contributed by atoms with E-state index in [4.69, 9.17) is 5.11 Å². The van der Waals surface area contributed by atoms with Crippen LogP contribution in [-0.2, 0) is 16.0 Å². The topological polar surface area (TPSA) is 98.0 Å². The highest BCUT2D eigenvalue weighted by atomic mass is 16.4. The Morgan fingerprint density at radius 1 is 0.765 bits per heavy atom. The van der Waals surface area contributed by atoms with Gasteiger partial charge in [-0.2, -0.15) is 0 Å². The molecule has 2 heterocycles. The van der Waals surface area contributed by atoms with Gasteiger partial charge < -0.3 is 20.4 Å². The molecule has 5 rings (SSSR count). The summed E-state index contributed by atoms with van der Waals surface area (Å²) < 4.78 is 0. The number of nitrogens with one attached hydrogen (secondary N) is 3. The van der Waals surface area contributed by atoms with Crippen molar-refractivity contribution in [1.82, 2.24) is 9.97 Å². The SMILES string of the molecule is O=C(O)CCC(=O)Nc1ccccc1CC(c1c[nH]c2ccccc12)c1c[nH]c2ccccc12. The van der Waals surface area contributed by atoms with Crippen LogP contribution in [0.1, 0.15) is 35.4 Å². The maximum absolute atomic E-state index is 12.4. The van der Waals surface area contributed by atoms with Crippen molar-refractivity contribution in [3.05, 3.63) is 102 Å². The standard InChI is InChI=1S/C28H25N3O3/c32-27(13-14-28(33)34)31-24-10-4-1-7-18(24)15-21(22-16-29-25-11-5-2-8-19(22)25)23-17-30-26-12-6-3-9-20(23)26/h1-12,16-17,21,29-30H,13-15H2,(H,31,32)(H,33,34). The summed E-state index contributed by atoms with van der Waals surface area (Å²) in [5, 5.41) is 14.2. The molecule has 5 aromatic rings. The number of carbonyl (C=O) groups is 2. The molecule has 170 valence electrons. The number of carboxylic acids is 1. The van der Waals surface area contributed by atoms with Crippen LogP contribution in [0.3, 0.4) is 0 Å². The Balaban J connectivity index is 1.55. The second-order valence-corrected chi connectivity index (χ2v) is 8.43. The van der Waals surface area contributed by atoms with E-state index < -0.39 is 5.97 Å². The van der Waals surface area contributed by atoms with Gasteiger partial charge in [-0.3, -0.25) is 9.59 Å². The van der Waals surface area contributed by atoms with Crippen LogP contribution in [0.15, 0.2) is 85.2 Å². The van der Waals surface area contributed by atoms with E-state index in [0.717, 1.165) is 16.6 Å². The van der Waals surface area contributed by atoms with E-state index in [-0.39, 0.29) is 24.7 Å². The van der Waals surface area contributed by atoms with E-state index in [1.807, 2.05) is 48.5 Å². The monoisotopic (exact) mass is 451 g/mol. The number of carbonyl (C=O) groups excluding carboxylic acids is 1. The highest BCUT2D eigenvalue weighted by Gasteiger charge is 2.23. The zero-order valence-corrected chi connectivity index (χ0v) is 18.5. The number of hydrogen-bond acceptors (Lipinski definition) is 2. The van der Waals surface area contributed by atoms with Gasteiger partial charge in [0.1, 0.15) is 0 Å². The molecule has 1 amide bonds. The second kappa shape index (κ2) is 9.27. The largest absolute Gasteiger partial charge is 0.481 e. The van der Waals surface area contributed by atoms with Crippen molar-refractivity contribution in [3.8, 4) is 0 Å². The molecule has 0 radical (unpaired) electrons. The number of aromatic amines is 2. The molecule has 0 aliphatic carbocycles. The van der Waals surface area contributed by atoms with E-state index in [0.29, 0.717) is 12.1 Å². The first kappa shape index (κ1) is 21.5. The highest BCUT2D eigenvalue weighted by Crippen LogP contribution is 2.38. The summed E-state index contributed by atoms with van der Waals surface area (Å²) in [5.74, 6) is -1.25. The van der Waals surface area contributed by atoms with Gasteiger partial charge in [0.2, 0.25) is 5.91 Å². The lowest BCUT2D eigenvalue weighted by Gasteiger charge is -2.19. The van der Waals surface area contributed by atoms with Crippen LogP contribution in [0.4, 0.5) is 5.69 Å². The third kappa shape index (κ3) is 4.30. The van der Waals surface area contributed by atoms with Crippen LogP contribution in [0, 0.1) is 0 Å². The summed E-state index contributed by atoms with van der Waals surface area (Å²) >= 11 is 0. The Bertz CT molecular complexity index is 1410. The number of hydrogen-bond donors (Lipinski definition) is 4. The van der Waals surface area contributed by atoms with E-state index >= 15 is 0 Å². The highest BCUT2D eigenvalue weighted by molar-refractivity contribution is 5.93. The summed E-state index contributed by atoms with van der Waals surface area (Å²) in [6.07, 6.45) is 4.56. The van der Waals surface area contributed by atoms with Gasteiger partial charge in [-0.15, -0.1) is 0 Å². The quantitative estimate of drug-likeness (QED) is 0.239. The molecule has 0 saturated carbocycles. The van der Waals surface area contributed by atoms with Gasteiger partial charge in [0.05, 0.1) is 6.42 Å². The number of rotatable bonds is 8. The van der Waals surface area contributed by atoms with Gasteiger partial charge >= 0.3 is 5.97 Å². The van der Waals surface area contributed by atoms with Gasteiger partial charge in [0.25, 0.3) is 0 Å². The normalized spacial score (nSPS) is 11.3. The molecule has 6 heteroatoms.